The zero-order chi connectivity index (χ0) is 32.5. The van der Waals surface area contributed by atoms with E-state index in [-0.39, 0.29) is 17.4 Å². The highest BCUT2D eigenvalue weighted by molar-refractivity contribution is 7.89. The number of anilines is 2. The molecule has 0 spiro atoms. The topological polar surface area (TPSA) is 109 Å². The molecule has 0 saturated carbocycles. The number of hydrogen-bond donors (Lipinski definition) is 2. The summed E-state index contributed by atoms with van der Waals surface area (Å²) < 4.78 is 30.6. The number of pyridine rings is 1. The molecule has 46 heavy (non-hydrogen) atoms. The van der Waals surface area contributed by atoms with Crippen LogP contribution in [0.4, 0.5) is 16.3 Å². The average molecular weight is 637 g/mol. The average Bonchev–Trinajstić information content (AvgIpc) is 3.46. The second-order valence-corrected chi connectivity index (χ2v) is 15.0. The highest BCUT2D eigenvalue weighted by atomic mass is 32.2. The van der Waals surface area contributed by atoms with Crippen LogP contribution in [0.5, 0.6) is 0 Å². The number of fused-ring (bicyclic) bond motifs is 1. The summed E-state index contributed by atoms with van der Waals surface area (Å²) in [6.45, 7) is 9.21. The van der Waals surface area contributed by atoms with Crippen LogP contribution in [-0.2, 0) is 21.9 Å². The van der Waals surface area contributed by atoms with E-state index in [1.165, 1.54) is 0 Å². The molecule has 1 aliphatic heterocycles. The molecule has 0 atom stereocenters. The van der Waals surface area contributed by atoms with Crippen LogP contribution in [0, 0.1) is 12.8 Å². The molecule has 2 N–H and O–H groups in total. The molecule has 1 fully saturated rings. The van der Waals surface area contributed by atoms with Crippen LogP contribution in [0.2, 0.25) is 0 Å². The first kappa shape index (κ1) is 31.4. The maximum absolute atomic E-state index is 13.6. The molecule has 9 nitrogen and oxygen atoms in total. The van der Waals surface area contributed by atoms with E-state index < -0.39 is 10.0 Å². The molecule has 6 rings (SSSR count). The molecule has 0 bridgehead atoms. The van der Waals surface area contributed by atoms with Crippen molar-refractivity contribution in [3.8, 4) is 5.69 Å². The molecule has 0 unspecified atom stereocenters. The van der Waals surface area contributed by atoms with Crippen molar-refractivity contribution >= 4 is 38.3 Å². The number of para-hydroxylation sites is 1. The van der Waals surface area contributed by atoms with Crippen LogP contribution in [0.1, 0.15) is 50.4 Å². The normalized spacial score (nSPS) is 14.8. The molecule has 238 valence electrons. The number of hydrogen-bond acceptors (Lipinski definition) is 5. The van der Waals surface area contributed by atoms with E-state index in [2.05, 4.69) is 36.4 Å². The quantitative estimate of drug-likeness (QED) is 0.195. The number of sulfonamides is 1. The zero-order valence-electron chi connectivity index (χ0n) is 26.7. The molecule has 0 radical (unpaired) electrons. The van der Waals surface area contributed by atoms with Crippen LogP contribution >= 0.6 is 0 Å². The van der Waals surface area contributed by atoms with Gasteiger partial charge in [-0.15, -0.1) is 0 Å². The SMILES string of the molecule is Cc1ccc(-n2nc(C(C)(C)C)cc2NC(=O)Nc2ccccc2CC2CCN(S(=O)(=O)c3cccc4cnccc34)CC2)cc1. The third-order valence-electron chi connectivity index (χ3n) is 8.60. The molecule has 3 heterocycles. The van der Waals surface area contributed by atoms with Crippen molar-refractivity contribution in [3.63, 3.8) is 0 Å². The van der Waals surface area contributed by atoms with Gasteiger partial charge in [0, 0.05) is 53.4 Å². The van der Waals surface area contributed by atoms with E-state index in [9.17, 15) is 13.2 Å². The number of rotatable bonds is 7. The van der Waals surface area contributed by atoms with Gasteiger partial charge in [-0.25, -0.2) is 17.9 Å². The fraction of sp³-hybridized carbons (Fsp3) is 0.306. The zero-order valence-corrected chi connectivity index (χ0v) is 27.5. The number of aryl methyl sites for hydroxylation is 1. The molecule has 1 saturated heterocycles. The van der Waals surface area contributed by atoms with Crippen LogP contribution in [0.15, 0.2) is 96.2 Å². The first-order chi connectivity index (χ1) is 22.0. The Morgan fingerprint density at radius 1 is 0.935 bits per heavy atom. The lowest BCUT2D eigenvalue weighted by Crippen LogP contribution is -2.39. The summed E-state index contributed by atoms with van der Waals surface area (Å²) in [5.41, 5.74) is 4.43. The number of piperidine rings is 1. The third kappa shape index (κ3) is 6.68. The van der Waals surface area contributed by atoms with Gasteiger partial charge in [0.2, 0.25) is 10.0 Å². The predicted octanol–water partition coefficient (Wildman–Crippen LogP) is 7.31. The molecule has 0 aliphatic carbocycles. The second kappa shape index (κ2) is 12.7. The molecular formula is C36H40N6O3S. The van der Waals surface area contributed by atoms with Crippen molar-refractivity contribution in [1.29, 1.82) is 0 Å². The molecule has 3 aromatic carbocycles. The van der Waals surface area contributed by atoms with Crippen LogP contribution in [0.25, 0.3) is 16.5 Å². The van der Waals surface area contributed by atoms with Gasteiger partial charge in [0.1, 0.15) is 5.82 Å². The number of urea groups is 1. The predicted molar refractivity (Wildman–Crippen MR) is 183 cm³/mol. The van der Waals surface area contributed by atoms with Gasteiger partial charge in [-0.05, 0) is 68.0 Å². The minimum Gasteiger partial charge on any atom is -0.307 e. The van der Waals surface area contributed by atoms with Gasteiger partial charge in [0.05, 0.1) is 16.3 Å². The van der Waals surface area contributed by atoms with Gasteiger partial charge >= 0.3 is 6.03 Å². The van der Waals surface area contributed by atoms with Crippen molar-refractivity contribution in [2.24, 2.45) is 5.92 Å². The van der Waals surface area contributed by atoms with Crippen molar-refractivity contribution in [3.05, 3.63) is 108 Å². The van der Waals surface area contributed by atoms with Crippen molar-refractivity contribution in [1.82, 2.24) is 19.1 Å². The van der Waals surface area contributed by atoms with Crippen LogP contribution < -0.4 is 10.6 Å². The van der Waals surface area contributed by atoms with Gasteiger partial charge in [-0.3, -0.25) is 10.3 Å². The Morgan fingerprint density at radius 3 is 2.41 bits per heavy atom. The van der Waals surface area contributed by atoms with Crippen molar-refractivity contribution in [2.45, 2.75) is 57.3 Å². The Balaban J connectivity index is 1.13. The Hall–Kier alpha value is -4.54. The van der Waals surface area contributed by atoms with E-state index >= 15 is 0 Å². The largest absolute Gasteiger partial charge is 0.324 e. The number of carbonyl (C=O) groups is 1. The van der Waals surface area contributed by atoms with Gasteiger partial charge in [-0.1, -0.05) is 68.8 Å². The van der Waals surface area contributed by atoms with Gasteiger partial charge < -0.3 is 5.32 Å². The number of nitrogens with zero attached hydrogens (tertiary/aromatic N) is 4. The molecule has 10 heteroatoms. The summed E-state index contributed by atoms with van der Waals surface area (Å²) in [6, 6.07) is 24.5. The van der Waals surface area contributed by atoms with E-state index in [1.54, 1.807) is 39.6 Å². The molecule has 5 aromatic rings. The highest BCUT2D eigenvalue weighted by Gasteiger charge is 2.31. The molecule has 1 aliphatic rings. The summed E-state index contributed by atoms with van der Waals surface area (Å²) in [7, 11) is -3.64. The Bertz CT molecular complexity index is 1970. The van der Waals surface area contributed by atoms with Crippen molar-refractivity contribution in [2.75, 3.05) is 23.7 Å². The minimum atomic E-state index is -3.64. The molecular weight excluding hydrogens is 597 g/mol. The fourth-order valence-electron chi connectivity index (χ4n) is 5.93. The second-order valence-electron chi connectivity index (χ2n) is 13.1. The highest BCUT2D eigenvalue weighted by Crippen LogP contribution is 2.31. The van der Waals surface area contributed by atoms with Gasteiger partial charge in [-0.2, -0.15) is 9.40 Å². The Labute approximate surface area is 270 Å². The lowest BCUT2D eigenvalue weighted by atomic mass is 9.90. The summed E-state index contributed by atoms with van der Waals surface area (Å²) in [4.78, 5) is 17.8. The maximum Gasteiger partial charge on any atom is 0.324 e. The summed E-state index contributed by atoms with van der Waals surface area (Å²) in [5, 5.41) is 12.4. The monoisotopic (exact) mass is 636 g/mol. The molecule has 2 aromatic heterocycles. The number of benzene rings is 3. The molecule has 2 amide bonds. The summed E-state index contributed by atoms with van der Waals surface area (Å²) in [6.07, 6.45) is 5.52. The Morgan fingerprint density at radius 2 is 1.67 bits per heavy atom. The van der Waals surface area contributed by atoms with Crippen LogP contribution in [0.3, 0.4) is 0 Å². The lowest BCUT2D eigenvalue weighted by Gasteiger charge is -2.32. The van der Waals surface area contributed by atoms with Crippen molar-refractivity contribution < 1.29 is 13.2 Å². The first-order valence-electron chi connectivity index (χ1n) is 15.7. The maximum atomic E-state index is 13.6. The fourth-order valence-corrected chi connectivity index (χ4v) is 7.62. The number of aromatic nitrogens is 3. The smallest absolute Gasteiger partial charge is 0.307 e. The Kier molecular flexibility index (Phi) is 8.67. The summed E-state index contributed by atoms with van der Waals surface area (Å²) in [5.74, 6) is 0.867. The lowest BCUT2D eigenvalue weighted by molar-refractivity contribution is 0.261. The van der Waals surface area contributed by atoms with Crippen LogP contribution in [-0.4, -0.2) is 46.6 Å². The summed E-state index contributed by atoms with van der Waals surface area (Å²) >= 11 is 0. The van der Waals surface area contributed by atoms with Gasteiger partial charge in [0.25, 0.3) is 0 Å². The van der Waals surface area contributed by atoms with E-state index in [4.69, 9.17) is 5.10 Å². The van der Waals surface area contributed by atoms with E-state index in [0.29, 0.717) is 29.2 Å². The number of nitrogens with one attached hydrogen (secondary N) is 2. The van der Waals surface area contributed by atoms with E-state index in [0.717, 1.165) is 52.8 Å². The number of amides is 2. The standard InChI is InChI=1S/C36H40N6O3S/c1-25-12-14-29(15-13-25)42-34(23-33(40-42)36(2,3)4)39-35(43)38-31-10-6-5-8-27(31)22-26-17-20-41(21-18-26)46(44,45)32-11-7-9-28-24-37-19-16-30(28)32/h5-16,19,23-24,26H,17-18,20-22H2,1-4H3,(H2,38,39,43). The van der Waals surface area contributed by atoms with E-state index in [1.807, 2.05) is 67.6 Å². The third-order valence-corrected chi connectivity index (χ3v) is 10.6. The first-order valence-corrected chi connectivity index (χ1v) is 17.1. The van der Waals surface area contributed by atoms with Gasteiger partial charge in [0.15, 0.2) is 0 Å². The minimum absolute atomic E-state index is 0.198. The number of carbonyl (C=O) groups excluding carboxylic acids is 1.